The molecule has 0 aliphatic heterocycles. The van der Waals surface area contributed by atoms with Crippen molar-refractivity contribution in [2.45, 2.75) is 13.3 Å². The van der Waals surface area contributed by atoms with Crippen molar-refractivity contribution >= 4 is 17.6 Å². The van der Waals surface area contributed by atoms with E-state index in [1.165, 1.54) is 24.0 Å². The van der Waals surface area contributed by atoms with Crippen molar-refractivity contribution < 1.29 is 9.21 Å². The Morgan fingerprint density at radius 1 is 1.42 bits per heavy atom. The normalized spacial score (nSPS) is 16.5. The summed E-state index contributed by atoms with van der Waals surface area (Å²) in [7, 11) is 1.53. The van der Waals surface area contributed by atoms with Crippen molar-refractivity contribution in [2.24, 2.45) is 7.05 Å². The fourth-order valence-electron chi connectivity index (χ4n) is 2.73. The highest BCUT2D eigenvalue weighted by atomic mass is 16.3. The molecule has 134 valence electrons. The molecule has 0 radical (unpaired) electrons. The Kier molecular flexibility index (Phi) is 4.88. The minimum absolute atomic E-state index is 0.181. The number of carbonyl (C=O) groups excluding carboxylic acids is 1. The van der Waals surface area contributed by atoms with Gasteiger partial charge in [0.25, 0.3) is 17.0 Å². The summed E-state index contributed by atoms with van der Waals surface area (Å²) in [5.41, 5.74) is 0.283. The average molecular weight is 353 g/mol. The van der Waals surface area contributed by atoms with E-state index in [2.05, 4.69) is 10.3 Å². The summed E-state index contributed by atoms with van der Waals surface area (Å²) in [4.78, 5) is 39.9. The minimum atomic E-state index is -0.409. The van der Waals surface area contributed by atoms with Crippen LogP contribution in [0.2, 0.25) is 0 Å². The standard InChI is InChI=1S/C19H19N3O4/c1-3-20-17(23)13-7-4-6-12(10-13)16-19(25)22(2)15(18(24)21-16)11-14-8-5-9-26-14/h4-5,7-11H,3,6H2,1-2H3,(H,20,23)(H,21,24)/b15-11-,16-12-. The van der Waals surface area contributed by atoms with E-state index in [0.29, 0.717) is 29.9 Å². The summed E-state index contributed by atoms with van der Waals surface area (Å²) in [6.45, 7) is 2.34. The SMILES string of the molecule is CCNC(=O)C1=C/C(=c2\[nH]c(=O)/c(=C/c3ccco3)n(C)c2=O)CC=C1. The van der Waals surface area contributed by atoms with Gasteiger partial charge in [-0.1, -0.05) is 12.2 Å². The summed E-state index contributed by atoms with van der Waals surface area (Å²) in [6, 6.07) is 3.39. The first kappa shape index (κ1) is 17.5. The van der Waals surface area contributed by atoms with E-state index >= 15 is 0 Å². The summed E-state index contributed by atoms with van der Waals surface area (Å²) < 4.78 is 6.48. The van der Waals surface area contributed by atoms with Gasteiger partial charge in [0.1, 0.15) is 16.5 Å². The Balaban J connectivity index is 2.20. The van der Waals surface area contributed by atoms with E-state index in [1.54, 1.807) is 30.4 Å². The highest BCUT2D eigenvalue weighted by Crippen LogP contribution is 2.15. The molecule has 0 unspecified atom stereocenters. The minimum Gasteiger partial charge on any atom is -0.465 e. The largest absolute Gasteiger partial charge is 0.465 e. The Bertz CT molecular complexity index is 1130. The Labute approximate surface area is 148 Å². The van der Waals surface area contributed by atoms with Crippen LogP contribution in [0.15, 0.2) is 56.2 Å². The maximum absolute atomic E-state index is 12.7. The molecule has 0 atom stereocenters. The first-order chi connectivity index (χ1) is 12.5. The van der Waals surface area contributed by atoms with E-state index in [4.69, 9.17) is 4.42 Å². The lowest BCUT2D eigenvalue weighted by atomic mass is 10.0. The fraction of sp³-hybridized carbons (Fsp3) is 0.211. The highest BCUT2D eigenvalue weighted by Gasteiger charge is 2.12. The van der Waals surface area contributed by atoms with E-state index in [1.807, 2.05) is 6.92 Å². The number of nitrogens with one attached hydrogen (secondary N) is 2. The number of hydrogen-bond acceptors (Lipinski definition) is 4. The molecule has 2 heterocycles. The van der Waals surface area contributed by atoms with Gasteiger partial charge in [-0.2, -0.15) is 0 Å². The van der Waals surface area contributed by atoms with Crippen LogP contribution in [0, 0.1) is 0 Å². The van der Waals surface area contributed by atoms with Gasteiger partial charge in [-0.15, -0.1) is 0 Å². The maximum atomic E-state index is 12.7. The van der Waals surface area contributed by atoms with Gasteiger partial charge in [-0.3, -0.25) is 14.4 Å². The quantitative estimate of drug-likeness (QED) is 0.790. The number of aromatic nitrogens is 2. The first-order valence-electron chi connectivity index (χ1n) is 8.25. The molecular weight excluding hydrogens is 334 g/mol. The topological polar surface area (TPSA) is 97.1 Å². The molecule has 1 aliphatic rings. The number of aromatic amines is 1. The van der Waals surface area contributed by atoms with Gasteiger partial charge in [-0.05, 0) is 37.1 Å². The predicted molar refractivity (Wildman–Crippen MR) is 97.8 cm³/mol. The molecule has 3 rings (SSSR count). The number of nitrogens with zero attached hydrogens (tertiary/aromatic N) is 1. The number of amides is 1. The molecule has 0 saturated heterocycles. The first-order valence-corrected chi connectivity index (χ1v) is 8.25. The summed E-state index contributed by atoms with van der Waals surface area (Å²) in [6.07, 6.45) is 8.58. The zero-order chi connectivity index (χ0) is 18.7. The molecule has 2 aromatic rings. The van der Waals surface area contributed by atoms with Gasteiger partial charge in [0.15, 0.2) is 0 Å². The smallest absolute Gasteiger partial charge is 0.274 e. The monoisotopic (exact) mass is 353 g/mol. The molecule has 0 fully saturated rings. The molecule has 0 aromatic carbocycles. The second kappa shape index (κ2) is 7.26. The zero-order valence-electron chi connectivity index (χ0n) is 14.5. The van der Waals surface area contributed by atoms with Crippen molar-refractivity contribution in [3.05, 3.63) is 79.4 Å². The van der Waals surface area contributed by atoms with Crippen LogP contribution in [0.25, 0.3) is 11.6 Å². The van der Waals surface area contributed by atoms with Crippen LogP contribution >= 0.6 is 0 Å². The lowest BCUT2D eigenvalue weighted by Crippen LogP contribution is -2.53. The number of furan rings is 1. The van der Waals surface area contributed by atoms with Crippen LogP contribution in [0.5, 0.6) is 0 Å². The van der Waals surface area contributed by atoms with Crippen molar-refractivity contribution in [1.82, 2.24) is 14.9 Å². The van der Waals surface area contributed by atoms with Crippen LogP contribution in [-0.4, -0.2) is 22.0 Å². The highest BCUT2D eigenvalue weighted by molar-refractivity contribution is 5.98. The molecule has 0 saturated carbocycles. The van der Waals surface area contributed by atoms with Gasteiger partial charge in [0.2, 0.25) is 0 Å². The molecule has 26 heavy (non-hydrogen) atoms. The Morgan fingerprint density at radius 3 is 2.92 bits per heavy atom. The molecule has 0 bridgehead atoms. The second-order valence-electron chi connectivity index (χ2n) is 5.83. The van der Waals surface area contributed by atoms with Crippen LogP contribution in [0.3, 0.4) is 0 Å². The zero-order valence-corrected chi connectivity index (χ0v) is 14.5. The van der Waals surface area contributed by atoms with Crippen molar-refractivity contribution in [3.8, 4) is 0 Å². The third kappa shape index (κ3) is 3.37. The number of carbonyl (C=O) groups is 1. The Morgan fingerprint density at radius 2 is 2.23 bits per heavy atom. The van der Waals surface area contributed by atoms with Gasteiger partial charge >= 0.3 is 0 Å². The maximum Gasteiger partial charge on any atom is 0.274 e. The molecule has 2 aromatic heterocycles. The third-order valence-electron chi connectivity index (χ3n) is 4.06. The number of likely N-dealkylation sites (N-methyl/N-ethyl adjacent to an activating group) is 1. The third-order valence-corrected chi connectivity index (χ3v) is 4.06. The van der Waals surface area contributed by atoms with E-state index in [-0.39, 0.29) is 22.2 Å². The molecule has 7 heteroatoms. The van der Waals surface area contributed by atoms with Crippen LogP contribution in [-0.2, 0) is 11.8 Å². The molecule has 1 amide bonds. The number of rotatable bonds is 3. The summed E-state index contributed by atoms with van der Waals surface area (Å²) in [5, 5.41) is 3.09. The van der Waals surface area contributed by atoms with Crippen LogP contribution in [0.4, 0.5) is 0 Å². The van der Waals surface area contributed by atoms with Gasteiger partial charge < -0.3 is 19.3 Å². The van der Waals surface area contributed by atoms with E-state index in [9.17, 15) is 14.4 Å². The van der Waals surface area contributed by atoms with Crippen molar-refractivity contribution in [1.29, 1.82) is 0 Å². The van der Waals surface area contributed by atoms with Gasteiger partial charge in [0.05, 0.1) is 6.26 Å². The Hall–Kier alpha value is -3.35. The molecular formula is C19H19N3O4. The summed E-state index contributed by atoms with van der Waals surface area (Å²) >= 11 is 0. The average Bonchev–Trinajstić information content (AvgIpc) is 3.15. The van der Waals surface area contributed by atoms with Crippen LogP contribution in [0.1, 0.15) is 19.1 Å². The lowest BCUT2D eigenvalue weighted by molar-refractivity contribution is -0.117. The van der Waals surface area contributed by atoms with Crippen LogP contribution < -0.4 is 27.1 Å². The molecule has 7 nitrogen and oxygen atoms in total. The lowest BCUT2D eigenvalue weighted by Gasteiger charge is -2.09. The van der Waals surface area contributed by atoms with Gasteiger partial charge in [-0.25, -0.2) is 0 Å². The van der Waals surface area contributed by atoms with Gasteiger partial charge in [0, 0.05) is 25.2 Å². The van der Waals surface area contributed by atoms with Crippen molar-refractivity contribution in [2.75, 3.05) is 6.54 Å². The van der Waals surface area contributed by atoms with E-state index in [0.717, 1.165) is 0 Å². The van der Waals surface area contributed by atoms with E-state index < -0.39 is 5.56 Å². The number of hydrogen-bond donors (Lipinski definition) is 2. The predicted octanol–water partition coefficient (Wildman–Crippen LogP) is -0.331. The molecule has 1 aliphatic carbocycles. The van der Waals surface area contributed by atoms with Crippen molar-refractivity contribution in [3.63, 3.8) is 0 Å². The number of H-pyrrole nitrogens is 1. The summed E-state index contributed by atoms with van der Waals surface area (Å²) in [5.74, 6) is 0.257. The molecule has 0 spiro atoms. The fourth-order valence-corrected chi connectivity index (χ4v) is 2.73. The molecule has 2 N–H and O–H groups in total. The second-order valence-corrected chi connectivity index (χ2v) is 5.83. The number of allylic oxidation sites excluding steroid dienone is 2.